The van der Waals surface area contributed by atoms with Gasteiger partial charge in [0.1, 0.15) is 11.9 Å². The summed E-state index contributed by atoms with van der Waals surface area (Å²) < 4.78 is 14.3. The molecule has 0 aromatic heterocycles. The molecule has 0 radical (unpaired) electrons. The molecule has 1 aliphatic rings. The Morgan fingerprint density at radius 2 is 1.84 bits per heavy atom. The third-order valence-corrected chi connectivity index (χ3v) is 6.83. The van der Waals surface area contributed by atoms with Gasteiger partial charge in [-0.2, -0.15) is 0 Å². The first-order chi connectivity index (χ1) is 14.9. The van der Waals surface area contributed by atoms with Crippen LogP contribution < -0.4 is 5.32 Å². The van der Waals surface area contributed by atoms with E-state index in [-0.39, 0.29) is 36.6 Å². The van der Waals surface area contributed by atoms with Crippen LogP contribution in [0.3, 0.4) is 0 Å². The van der Waals surface area contributed by atoms with Gasteiger partial charge >= 0.3 is 0 Å². The van der Waals surface area contributed by atoms with Crippen LogP contribution in [0.15, 0.2) is 53.4 Å². The molecule has 0 aliphatic heterocycles. The van der Waals surface area contributed by atoms with Crippen molar-refractivity contribution in [2.24, 2.45) is 0 Å². The normalized spacial score (nSPS) is 14.9. The van der Waals surface area contributed by atoms with Gasteiger partial charge in [-0.3, -0.25) is 9.59 Å². The maximum Gasteiger partial charge on any atom is 0.242 e. The maximum absolute atomic E-state index is 14.3. The van der Waals surface area contributed by atoms with Crippen LogP contribution in [0.2, 0.25) is 5.02 Å². The summed E-state index contributed by atoms with van der Waals surface area (Å²) in [6.07, 6.45) is 4.41. The molecule has 1 N–H and O–H groups in total. The highest BCUT2D eigenvalue weighted by molar-refractivity contribution is 7.99. The number of rotatable bonds is 9. The van der Waals surface area contributed by atoms with Crippen molar-refractivity contribution in [3.8, 4) is 0 Å². The summed E-state index contributed by atoms with van der Waals surface area (Å²) in [5.74, 6) is -0.162. The summed E-state index contributed by atoms with van der Waals surface area (Å²) >= 11 is 7.46. The smallest absolute Gasteiger partial charge is 0.242 e. The monoisotopic (exact) mass is 462 g/mol. The molecule has 2 aromatic carbocycles. The van der Waals surface area contributed by atoms with Crippen molar-refractivity contribution in [3.05, 3.63) is 64.9 Å². The molecule has 0 unspecified atom stereocenters. The van der Waals surface area contributed by atoms with Crippen LogP contribution in [0, 0.1) is 5.82 Å². The quantitative estimate of drug-likeness (QED) is 0.505. The molecule has 31 heavy (non-hydrogen) atoms. The van der Waals surface area contributed by atoms with Crippen molar-refractivity contribution in [1.29, 1.82) is 0 Å². The SMILES string of the molecule is C[C@@H](C(=O)NC1CCCC1)N(Cc1ccccc1F)C(=O)CCSc1ccc(Cl)cc1. The molecule has 4 nitrogen and oxygen atoms in total. The third kappa shape index (κ3) is 6.97. The number of nitrogens with one attached hydrogen (secondary N) is 1. The molecule has 0 spiro atoms. The molecule has 2 amide bonds. The molecule has 166 valence electrons. The molecule has 0 saturated heterocycles. The van der Waals surface area contributed by atoms with Crippen LogP contribution in [0.5, 0.6) is 0 Å². The lowest BCUT2D eigenvalue weighted by atomic mass is 10.1. The largest absolute Gasteiger partial charge is 0.352 e. The van der Waals surface area contributed by atoms with Crippen LogP contribution in [0.25, 0.3) is 0 Å². The van der Waals surface area contributed by atoms with Gasteiger partial charge in [-0.1, -0.05) is 42.6 Å². The summed E-state index contributed by atoms with van der Waals surface area (Å²) in [7, 11) is 0. The Bertz CT molecular complexity index is 887. The fraction of sp³-hybridized carbons (Fsp3) is 0.417. The summed E-state index contributed by atoms with van der Waals surface area (Å²) in [6, 6.07) is 13.3. The minimum atomic E-state index is -0.673. The highest BCUT2D eigenvalue weighted by atomic mass is 35.5. The Morgan fingerprint density at radius 3 is 2.52 bits per heavy atom. The lowest BCUT2D eigenvalue weighted by molar-refractivity contribution is -0.140. The molecular formula is C24H28ClFN2O2S. The van der Waals surface area contributed by atoms with E-state index >= 15 is 0 Å². The topological polar surface area (TPSA) is 49.4 Å². The van der Waals surface area contributed by atoms with Crippen molar-refractivity contribution in [2.45, 2.75) is 62.6 Å². The first-order valence-corrected chi connectivity index (χ1v) is 12.0. The number of amides is 2. The Kier molecular flexibility index (Phi) is 8.79. The van der Waals surface area contributed by atoms with Gasteiger partial charge in [0.25, 0.3) is 0 Å². The predicted molar refractivity (Wildman–Crippen MR) is 124 cm³/mol. The number of carbonyl (C=O) groups is 2. The highest BCUT2D eigenvalue weighted by Crippen LogP contribution is 2.23. The maximum atomic E-state index is 14.3. The van der Waals surface area contributed by atoms with Crippen LogP contribution in [-0.4, -0.2) is 34.6 Å². The van der Waals surface area contributed by atoms with E-state index in [1.54, 1.807) is 36.9 Å². The average molecular weight is 463 g/mol. The van der Waals surface area contributed by atoms with Gasteiger partial charge in [-0.05, 0) is 50.1 Å². The Hall–Kier alpha value is -2.05. The number of nitrogens with zero attached hydrogens (tertiary/aromatic N) is 1. The molecule has 0 bridgehead atoms. The van der Waals surface area contributed by atoms with E-state index in [2.05, 4.69) is 5.32 Å². The van der Waals surface area contributed by atoms with Crippen LogP contribution >= 0.6 is 23.4 Å². The van der Waals surface area contributed by atoms with Gasteiger partial charge in [-0.15, -0.1) is 11.8 Å². The molecule has 1 atom stereocenters. The number of thioether (sulfide) groups is 1. The van der Waals surface area contributed by atoms with Crippen molar-refractivity contribution in [1.82, 2.24) is 10.2 Å². The Labute approximate surface area is 192 Å². The van der Waals surface area contributed by atoms with Crippen LogP contribution in [-0.2, 0) is 16.1 Å². The highest BCUT2D eigenvalue weighted by Gasteiger charge is 2.28. The second-order valence-corrected chi connectivity index (χ2v) is 9.44. The lowest BCUT2D eigenvalue weighted by Crippen LogP contribution is -2.49. The van der Waals surface area contributed by atoms with Crippen molar-refractivity contribution >= 4 is 35.2 Å². The molecular weight excluding hydrogens is 435 g/mol. The lowest BCUT2D eigenvalue weighted by Gasteiger charge is -2.30. The summed E-state index contributed by atoms with van der Waals surface area (Å²) in [4.78, 5) is 28.4. The first kappa shape index (κ1) is 23.6. The van der Waals surface area contributed by atoms with Gasteiger partial charge < -0.3 is 10.2 Å². The van der Waals surface area contributed by atoms with Gasteiger partial charge in [-0.25, -0.2) is 4.39 Å². The zero-order valence-corrected chi connectivity index (χ0v) is 19.2. The standard InChI is InChI=1S/C24H28ClFN2O2S/c1-17(24(30)27-20-7-3-4-8-20)28(16-18-6-2-5-9-22(18)26)23(29)14-15-31-21-12-10-19(25)11-13-21/h2,5-6,9-13,17,20H,3-4,7-8,14-16H2,1H3,(H,27,30)/t17-/m0/s1. The van der Waals surface area contributed by atoms with E-state index in [1.807, 2.05) is 24.3 Å². The van der Waals surface area contributed by atoms with Gasteiger partial charge in [0.05, 0.1) is 0 Å². The minimum absolute atomic E-state index is 0.0658. The zero-order chi connectivity index (χ0) is 22.2. The summed E-state index contributed by atoms with van der Waals surface area (Å²) in [5, 5.41) is 3.72. The number of benzene rings is 2. The minimum Gasteiger partial charge on any atom is -0.352 e. The van der Waals surface area contributed by atoms with Crippen molar-refractivity contribution in [3.63, 3.8) is 0 Å². The molecule has 3 rings (SSSR count). The first-order valence-electron chi connectivity index (χ1n) is 10.7. The molecule has 0 heterocycles. The van der Waals surface area contributed by atoms with E-state index in [4.69, 9.17) is 11.6 Å². The number of carbonyl (C=O) groups excluding carboxylic acids is 2. The van der Waals surface area contributed by atoms with E-state index in [0.717, 1.165) is 30.6 Å². The van der Waals surface area contributed by atoms with Gasteiger partial charge in [0.15, 0.2) is 0 Å². The summed E-state index contributed by atoms with van der Waals surface area (Å²) in [6.45, 7) is 1.78. The number of halogens is 2. The second kappa shape index (κ2) is 11.5. The van der Waals surface area contributed by atoms with E-state index in [0.29, 0.717) is 16.3 Å². The Balaban J connectivity index is 1.66. The summed E-state index contributed by atoms with van der Waals surface area (Å²) in [5.41, 5.74) is 0.404. The average Bonchev–Trinajstić information content (AvgIpc) is 3.27. The third-order valence-electron chi connectivity index (χ3n) is 5.57. The van der Waals surface area contributed by atoms with Gasteiger partial charge in [0.2, 0.25) is 11.8 Å². The van der Waals surface area contributed by atoms with E-state index in [1.165, 1.54) is 11.0 Å². The zero-order valence-electron chi connectivity index (χ0n) is 17.7. The molecule has 7 heteroatoms. The fourth-order valence-corrected chi connectivity index (χ4v) is 4.68. The molecule has 2 aromatic rings. The second-order valence-electron chi connectivity index (χ2n) is 7.83. The molecule has 1 aliphatic carbocycles. The predicted octanol–water partition coefficient (Wildman–Crippen LogP) is 5.44. The van der Waals surface area contributed by atoms with Crippen LogP contribution in [0.1, 0.15) is 44.6 Å². The molecule has 1 saturated carbocycles. The van der Waals surface area contributed by atoms with E-state index < -0.39 is 6.04 Å². The Morgan fingerprint density at radius 1 is 1.16 bits per heavy atom. The van der Waals surface area contributed by atoms with Crippen LogP contribution in [0.4, 0.5) is 4.39 Å². The molecule has 1 fully saturated rings. The van der Waals surface area contributed by atoms with Crippen molar-refractivity contribution < 1.29 is 14.0 Å². The number of hydrogen-bond acceptors (Lipinski definition) is 3. The fourth-order valence-electron chi connectivity index (χ4n) is 3.72. The van der Waals surface area contributed by atoms with Gasteiger partial charge in [0, 0.05) is 40.2 Å². The number of hydrogen-bond donors (Lipinski definition) is 1. The van der Waals surface area contributed by atoms with E-state index in [9.17, 15) is 14.0 Å². The van der Waals surface area contributed by atoms with Crippen molar-refractivity contribution in [2.75, 3.05) is 5.75 Å².